The van der Waals surface area contributed by atoms with Crippen LogP contribution < -0.4 is 42.7 Å². The van der Waals surface area contributed by atoms with Crippen LogP contribution in [0.1, 0.15) is 145 Å². The number of methoxy groups -OCH3 is 1. The van der Waals surface area contributed by atoms with Crippen molar-refractivity contribution in [2.24, 2.45) is 47.3 Å². The minimum atomic E-state index is -1.86. The predicted octanol–water partition coefficient (Wildman–Crippen LogP) is 4.56. The summed E-state index contributed by atoms with van der Waals surface area (Å²) < 4.78 is 23.5. The Morgan fingerprint density at radius 3 is 1.53 bits per heavy atom. The number of rotatable bonds is 9. The molecule has 4 fully saturated rings. The van der Waals surface area contributed by atoms with Crippen molar-refractivity contribution in [2.75, 3.05) is 54.1 Å². The summed E-state index contributed by atoms with van der Waals surface area (Å²) in [6, 6.07) is 1.57. The van der Waals surface area contributed by atoms with Gasteiger partial charge in [0, 0.05) is 68.9 Å². The molecule has 8 amide bonds. The molecule has 1 aromatic heterocycles. The first-order valence-corrected chi connectivity index (χ1v) is 35.4. The summed E-state index contributed by atoms with van der Waals surface area (Å²) in [6.07, 6.45) is -0.654. The van der Waals surface area contributed by atoms with Crippen LogP contribution in [0.3, 0.4) is 0 Å². The third-order valence-corrected chi connectivity index (χ3v) is 20.6. The molecule has 2 saturated carbocycles. The summed E-state index contributed by atoms with van der Waals surface area (Å²) in [5, 5.41) is 11.8. The van der Waals surface area contributed by atoms with E-state index in [9.17, 15) is 57.5 Å². The number of nitrogens with zero attached hydrogens (tertiary/aromatic N) is 5. The van der Waals surface area contributed by atoms with Crippen molar-refractivity contribution in [3.63, 3.8) is 0 Å². The molecule has 0 radical (unpaired) electrons. The van der Waals surface area contributed by atoms with Gasteiger partial charge in [-0.25, -0.2) is 14.6 Å². The maximum Gasteiger partial charge on any atom is 0.329 e. The average Bonchev–Trinajstić information content (AvgIpc) is 0.842. The van der Waals surface area contributed by atoms with Crippen LogP contribution in [0, 0.1) is 68.1 Å². The summed E-state index contributed by atoms with van der Waals surface area (Å²) in [5.41, 5.74) is 5.29. The number of nitrogens with one attached hydrogen (secondary N) is 5. The number of cyclic esters (lactones) is 2. The number of nitrogen functional groups attached to an aromatic ring is 1. The van der Waals surface area contributed by atoms with Gasteiger partial charge in [0.1, 0.15) is 53.3 Å². The fourth-order valence-corrected chi connectivity index (χ4v) is 14.8. The number of H-pyrrole nitrogens is 1. The molecule has 2 saturated heterocycles. The van der Waals surface area contributed by atoms with Crippen LogP contribution in [0.15, 0.2) is 50.4 Å². The number of pyridine rings is 1. The van der Waals surface area contributed by atoms with Crippen LogP contribution in [0.5, 0.6) is 5.75 Å². The van der Waals surface area contributed by atoms with E-state index in [0.717, 1.165) is 26.3 Å². The van der Waals surface area contributed by atoms with E-state index in [0.29, 0.717) is 49.8 Å². The van der Waals surface area contributed by atoms with E-state index in [4.69, 9.17) is 29.3 Å². The van der Waals surface area contributed by atoms with Gasteiger partial charge in [0.05, 0.1) is 54.6 Å². The zero-order valence-electron chi connectivity index (χ0n) is 62.5. The second kappa shape index (κ2) is 32.7. The first-order chi connectivity index (χ1) is 48.8. The Morgan fingerprint density at radius 2 is 1.08 bits per heavy atom. The number of benzene rings is 3. The molecule has 6 aliphatic rings. The number of hydrogen-bond donors (Lipinski definition) is 6. The summed E-state index contributed by atoms with van der Waals surface area (Å²) in [5.74, 6) is -14.2. The van der Waals surface area contributed by atoms with E-state index in [1.165, 1.54) is 70.9 Å². The van der Waals surface area contributed by atoms with Gasteiger partial charge in [-0.15, -0.1) is 0 Å². The number of ketones is 2. The molecule has 3 aliphatic heterocycles. The van der Waals surface area contributed by atoms with Crippen molar-refractivity contribution >= 4 is 98.5 Å². The van der Waals surface area contributed by atoms with Crippen molar-refractivity contribution in [1.82, 2.24) is 50.8 Å². The lowest BCUT2D eigenvalue weighted by molar-refractivity contribution is -0.163. The molecule has 12 atom stereocenters. The normalized spacial score (nSPS) is 25.5. The van der Waals surface area contributed by atoms with Gasteiger partial charge in [-0.1, -0.05) is 86.4 Å². The lowest BCUT2D eigenvalue weighted by atomic mass is 9.83. The number of anilines is 1. The van der Waals surface area contributed by atoms with Crippen LogP contribution in [0.4, 0.5) is 5.69 Å². The van der Waals surface area contributed by atoms with E-state index in [-0.39, 0.29) is 39.2 Å². The standard InChI is InChI=1S/C64H88N10O16.C11H11NO2/c1-27(2)44-53(78)35-19-17-21-37(35)61(84)71(13)25-40(75)73(15)50(29(5)6)63(86)88-33(11)46(59(82)67-44)69-57(80)39-24-23-31(9)55-48(39)66-49-42(43(65)52(77)32(10)56(49)90-55)58(81)70-47-34(12)89-64(87)51(30(7)8)74(16)41(76)26-72(14)62(85)38-22-18-20-36(38)54(79)45(28(3)4)68-60(47)83;1-7-6-10(13)12-11-8(7)4-3-5-9(11)14-2/h23-24,27-30,33-38,44-47,50-51H,17-22,25-26,65H2,1-16H3,(H,67,82)(H,68,83)(H,69,80)(H,70,81);3-6H,1-2H3,(H,12,13). The Kier molecular flexibility index (Phi) is 25.0. The van der Waals surface area contributed by atoms with Crippen molar-refractivity contribution < 1.29 is 76.2 Å². The number of carbonyl (C=O) groups excluding carboxylic acids is 12. The van der Waals surface area contributed by atoms with Crippen LogP contribution in [0.2, 0.25) is 0 Å². The molecule has 12 unspecified atom stereocenters. The summed E-state index contributed by atoms with van der Waals surface area (Å²) in [6.45, 7) is 20.2. The number of nitrogens with two attached hydrogens (primary N) is 1. The van der Waals surface area contributed by atoms with Crippen LogP contribution in [-0.4, -0.2) is 197 Å². The molecule has 9 rings (SSSR count). The van der Waals surface area contributed by atoms with Crippen molar-refractivity contribution in [2.45, 2.75) is 177 Å². The highest BCUT2D eigenvalue weighted by atomic mass is 16.6. The zero-order chi connectivity index (χ0) is 77.1. The van der Waals surface area contributed by atoms with E-state index in [1.807, 2.05) is 25.1 Å². The SMILES string of the molecule is COc1cccc2c(C)cc(=O)[nH]c12.Cc1c2oc3c(C)ccc(C(=O)NC4C(=O)NC(C(C)C)C(=O)C5CCCC5C(=O)N(C)CC(=O)N(C)C(C(C)C)C(=O)OC4C)c3nc-2c(C(=O)NC2C(=O)NC(C(C)C)C(=O)C3CCCC3C(=O)N(C)CC(=O)N(C)C(C(C)C)C(=O)OC2C)c(N)c1=O. The lowest BCUT2D eigenvalue weighted by Gasteiger charge is -2.35. The maximum atomic E-state index is 15.2. The molecule has 3 aromatic rings. The Labute approximate surface area is 603 Å². The third-order valence-electron chi connectivity index (χ3n) is 20.6. The first kappa shape index (κ1) is 79.6. The number of aromatic amines is 1. The zero-order valence-corrected chi connectivity index (χ0v) is 62.5. The van der Waals surface area contributed by atoms with Crippen molar-refractivity contribution in [1.29, 1.82) is 0 Å². The minimum absolute atomic E-state index is 0.0668. The van der Waals surface area contributed by atoms with Crippen LogP contribution >= 0.6 is 0 Å². The fourth-order valence-electron chi connectivity index (χ4n) is 14.8. The fraction of sp³-hybridized carbons (Fsp3) is 0.560. The highest BCUT2D eigenvalue weighted by molar-refractivity contribution is 6.11. The molecule has 29 nitrogen and oxygen atoms in total. The number of aryl methyl sites for hydroxylation is 2. The van der Waals surface area contributed by atoms with Crippen LogP contribution in [0.25, 0.3) is 33.5 Å². The topological polar surface area (TPSA) is 396 Å². The number of likely N-dealkylation sites (N-methyl/N-ethyl adjacent to an activating group) is 4. The third kappa shape index (κ3) is 16.4. The summed E-state index contributed by atoms with van der Waals surface area (Å²) >= 11 is 0. The molecule has 3 aliphatic carbocycles. The number of para-hydroxylation sites is 1. The maximum absolute atomic E-state index is 15.2. The molecular formula is C75H99N11O18. The van der Waals surface area contributed by atoms with E-state index in [2.05, 4.69) is 26.3 Å². The molecule has 29 heteroatoms. The number of esters is 2. The molecule has 2 aromatic carbocycles. The molecule has 104 heavy (non-hydrogen) atoms. The molecule has 7 N–H and O–H groups in total. The highest BCUT2D eigenvalue weighted by Gasteiger charge is 2.48. The largest absolute Gasteiger partial charge is 0.495 e. The smallest absolute Gasteiger partial charge is 0.329 e. The number of carbonyl (C=O) groups is 12. The lowest BCUT2D eigenvalue weighted by Crippen LogP contribution is -2.59. The monoisotopic (exact) mass is 1440 g/mol. The van der Waals surface area contributed by atoms with Gasteiger partial charge >= 0.3 is 11.9 Å². The molecular weight excluding hydrogens is 1340 g/mol. The molecule has 4 heterocycles. The average molecular weight is 1440 g/mol. The van der Waals surface area contributed by atoms with Gasteiger partial charge in [0.15, 0.2) is 22.9 Å². The number of hydrogen-bond acceptors (Lipinski definition) is 20. The predicted molar refractivity (Wildman–Crippen MR) is 384 cm³/mol. The van der Waals surface area contributed by atoms with E-state index < -0.39 is 196 Å². The Balaban J connectivity index is 0.000000866. The number of Topliss-reactive ketones (excluding diaryl/α,β-unsaturated/α-hetero) is 2. The van der Waals surface area contributed by atoms with Crippen LogP contribution in [-0.2, 0) is 57.4 Å². The molecule has 562 valence electrons. The molecule has 0 bridgehead atoms. The van der Waals surface area contributed by atoms with Gasteiger partial charge in [-0.2, -0.15) is 0 Å². The summed E-state index contributed by atoms with van der Waals surface area (Å²) in [7, 11) is 7.26. The Morgan fingerprint density at radius 1 is 0.615 bits per heavy atom. The van der Waals surface area contributed by atoms with Crippen molar-refractivity contribution in [3.8, 4) is 17.2 Å². The van der Waals surface area contributed by atoms with Gasteiger partial charge in [0.25, 0.3) is 11.8 Å². The van der Waals surface area contributed by atoms with Gasteiger partial charge < -0.3 is 70.2 Å². The van der Waals surface area contributed by atoms with E-state index in [1.54, 1.807) is 75.5 Å². The van der Waals surface area contributed by atoms with E-state index >= 15 is 9.59 Å². The first-order valence-electron chi connectivity index (χ1n) is 35.4. The second-order valence-electron chi connectivity index (χ2n) is 29.5. The number of aromatic nitrogens is 2. The Bertz CT molecular complexity index is 4310. The minimum Gasteiger partial charge on any atom is -0.495 e. The number of amides is 8. The van der Waals surface area contributed by atoms with Gasteiger partial charge in [-0.3, -0.25) is 57.5 Å². The van der Waals surface area contributed by atoms with Gasteiger partial charge in [-0.05, 0) is 107 Å². The van der Waals surface area contributed by atoms with Crippen molar-refractivity contribution in [3.05, 3.63) is 84.8 Å². The number of ether oxygens (including phenoxy) is 3. The highest BCUT2D eigenvalue weighted by Crippen LogP contribution is 2.39. The van der Waals surface area contributed by atoms with Gasteiger partial charge in [0.2, 0.25) is 46.4 Å². The second-order valence-corrected chi connectivity index (χ2v) is 29.5. The quantitative estimate of drug-likeness (QED) is 0.0669. The summed E-state index contributed by atoms with van der Waals surface area (Å²) in [4.78, 5) is 211. The number of fused-ring (bicyclic) bond motifs is 5. The Hall–Kier alpha value is -10.1. The molecule has 0 spiro atoms.